The number of aromatic nitrogens is 1. The maximum absolute atomic E-state index is 11.3. The van der Waals surface area contributed by atoms with Crippen molar-refractivity contribution in [3.05, 3.63) is 58.1 Å². The molecular formula is C27H30N2O5S3. The zero-order chi connectivity index (χ0) is 26.2. The number of methoxy groups -OCH3 is 2. The van der Waals surface area contributed by atoms with Crippen LogP contribution in [0.1, 0.15) is 31.2 Å². The van der Waals surface area contributed by atoms with Gasteiger partial charge < -0.3 is 18.9 Å². The zero-order valence-corrected chi connectivity index (χ0v) is 23.5. The highest BCUT2D eigenvalue weighted by Crippen LogP contribution is 2.49. The Morgan fingerprint density at radius 1 is 1.16 bits per heavy atom. The van der Waals surface area contributed by atoms with Crippen molar-refractivity contribution in [1.82, 2.24) is 0 Å². The van der Waals surface area contributed by atoms with Gasteiger partial charge in [0.05, 0.1) is 41.1 Å². The Kier molecular flexibility index (Phi) is 7.53. The van der Waals surface area contributed by atoms with Gasteiger partial charge in [-0.2, -0.15) is 4.57 Å². The van der Waals surface area contributed by atoms with Crippen LogP contribution in [0.4, 0.5) is 5.69 Å². The van der Waals surface area contributed by atoms with Gasteiger partial charge in [0.25, 0.3) is 5.01 Å². The fourth-order valence-corrected chi connectivity index (χ4v) is 7.35. The van der Waals surface area contributed by atoms with Crippen LogP contribution < -0.4 is 18.9 Å². The summed E-state index contributed by atoms with van der Waals surface area (Å²) in [6.07, 6.45) is 7.11. The van der Waals surface area contributed by atoms with Crippen LogP contribution in [0.2, 0.25) is 0 Å². The largest absolute Gasteiger partial charge is 0.748 e. The first-order chi connectivity index (χ1) is 17.8. The molecule has 3 aromatic rings. The highest BCUT2D eigenvalue weighted by atomic mass is 32.2. The number of hydrogen-bond acceptors (Lipinski definition) is 8. The van der Waals surface area contributed by atoms with Gasteiger partial charge >= 0.3 is 0 Å². The molecule has 1 aromatic heterocycles. The summed E-state index contributed by atoms with van der Waals surface area (Å²) in [6, 6.07) is 12.1. The predicted molar refractivity (Wildman–Crippen MR) is 148 cm³/mol. The predicted octanol–water partition coefficient (Wildman–Crippen LogP) is 5.41. The molecule has 0 radical (unpaired) electrons. The molecule has 0 atom stereocenters. The Hall–Kier alpha value is -2.53. The average molecular weight is 559 g/mol. The van der Waals surface area contributed by atoms with E-state index in [4.69, 9.17) is 9.47 Å². The van der Waals surface area contributed by atoms with E-state index in [1.54, 1.807) is 37.3 Å². The fraction of sp³-hybridized carbons (Fsp3) is 0.370. The van der Waals surface area contributed by atoms with E-state index in [1.165, 1.54) is 15.5 Å². The maximum atomic E-state index is 11.3. The smallest absolute Gasteiger partial charge is 0.263 e. The van der Waals surface area contributed by atoms with Crippen molar-refractivity contribution in [3.63, 3.8) is 0 Å². The Morgan fingerprint density at radius 3 is 2.57 bits per heavy atom. The molecule has 196 valence electrons. The van der Waals surface area contributed by atoms with Crippen molar-refractivity contribution in [2.75, 3.05) is 31.4 Å². The third-order valence-electron chi connectivity index (χ3n) is 6.60. The number of fused-ring (bicyclic) bond motifs is 2. The summed E-state index contributed by atoms with van der Waals surface area (Å²) in [5, 5.41) is 2.23. The lowest BCUT2D eigenvalue weighted by Gasteiger charge is -2.19. The lowest BCUT2D eigenvalue weighted by Crippen LogP contribution is -2.36. The van der Waals surface area contributed by atoms with Crippen molar-refractivity contribution in [1.29, 1.82) is 0 Å². The van der Waals surface area contributed by atoms with E-state index >= 15 is 0 Å². The summed E-state index contributed by atoms with van der Waals surface area (Å²) < 4.78 is 47.9. The molecule has 10 heteroatoms. The zero-order valence-electron chi connectivity index (χ0n) is 21.1. The van der Waals surface area contributed by atoms with Crippen LogP contribution in [0.5, 0.6) is 11.5 Å². The number of rotatable bonds is 10. The normalized spacial score (nSPS) is 17.0. The van der Waals surface area contributed by atoms with E-state index in [-0.39, 0.29) is 12.2 Å². The molecule has 1 aliphatic heterocycles. The number of aryl methyl sites for hydroxylation is 1. The number of nitrogens with zero attached hydrogens (tertiary/aromatic N) is 2. The highest BCUT2D eigenvalue weighted by Gasteiger charge is 2.31. The molecule has 1 aliphatic carbocycles. The average Bonchev–Trinajstić information content (AvgIpc) is 3.59. The maximum Gasteiger partial charge on any atom is 0.263 e. The van der Waals surface area contributed by atoms with Crippen LogP contribution in [-0.2, 0) is 16.7 Å². The second-order valence-electron chi connectivity index (χ2n) is 9.12. The summed E-state index contributed by atoms with van der Waals surface area (Å²) in [5.41, 5.74) is 3.41. The minimum Gasteiger partial charge on any atom is -0.748 e. The van der Waals surface area contributed by atoms with Crippen LogP contribution in [-0.4, -0.2) is 39.5 Å². The van der Waals surface area contributed by atoms with Crippen molar-refractivity contribution < 1.29 is 27.0 Å². The van der Waals surface area contributed by atoms with Crippen molar-refractivity contribution in [2.24, 2.45) is 5.92 Å². The number of anilines is 1. The van der Waals surface area contributed by atoms with Crippen molar-refractivity contribution >= 4 is 55.2 Å². The molecule has 0 N–H and O–H groups in total. The first-order valence-corrected chi connectivity index (χ1v) is 15.5. The van der Waals surface area contributed by atoms with Crippen molar-refractivity contribution in [3.8, 4) is 11.5 Å². The lowest BCUT2D eigenvalue weighted by molar-refractivity contribution is -0.668. The number of benzene rings is 2. The molecule has 0 amide bonds. The molecule has 0 spiro atoms. The number of thioether (sulfide) groups is 1. The molecular weight excluding hydrogens is 529 g/mol. The molecule has 2 aromatic carbocycles. The van der Waals surface area contributed by atoms with Crippen molar-refractivity contribution in [2.45, 2.75) is 37.6 Å². The summed E-state index contributed by atoms with van der Waals surface area (Å²) in [7, 11) is -0.947. The minimum absolute atomic E-state index is 0.261. The Morgan fingerprint density at radius 2 is 1.89 bits per heavy atom. The summed E-state index contributed by atoms with van der Waals surface area (Å²) in [4.78, 5) is 3.54. The Balaban J connectivity index is 1.54. The number of allylic oxidation sites excluding steroid dienone is 2. The minimum atomic E-state index is -4.27. The Bertz CT molecular complexity index is 1490. The SMILES string of the molecule is CCN1/C(=C/C(=C/c2sc3ccc(OC)cc3[n+]2CCCS(=O)(=O)[O-])C2CC2)Sc2ccc(OC)cc21. The molecule has 0 saturated heterocycles. The number of hydrogen-bond donors (Lipinski definition) is 0. The van der Waals surface area contributed by atoms with E-state index < -0.39 is 10.1 Å². The molecule has 0 unspecified atom stereocenters. The Labute approximate surface area is 226 Å². The van der Waals surface area contributed by atoms with E-state index in [2.05, 4.69) is 40.7 Å². The second-order valence-corrected chi connectivity index (χ2v) is 12.8. The highest BCUT2D eigenvalue weighted by molar-refractivity contribution is 8.03. The summed E-state index contributed by atoms with van der Waals surface area (Å²) in [6.45, 7) is 3.44. The topological polar surface area (TPSA) is 82.8 Å². The monoisotopic (exact) mass is 558 g/mol. The summed E-state index contributed by atoms with van der Waals surface area (Å²) in [5.74, 6) is 1.71. The standard InChI is InChI=1S/C27H30N2O5S3/c1-4-28-22-16-20(33-2)8-10-24(22)35-26(28)14-19(18-6-7-18)15-27-29(12-5-13-37(30,31)32)23-17-21(34-3)9-11-25(23)36-27/h8-11,14-18H,4-7,12-13H2,1-3H3. The lowest BCUT2D eigenvalue weighted by atomic mass is 10.1. The summed E-state index contributed by atoms with van der Waals surface area (Å²) >= 11 is 3.44. The van der Waals surface area contributed by atoms with E-state index in [9.17, 15) is 13.0 Å². The van der Waals surface area contributed by atoms with Gasteiger partial charge in [0.1, 0.15) is 16.2 Å². The molecule has 1 saturated carbocycles. The fourth-order valence-electron chi connectivity index (χ4n) is 4.57. The van der Waals surface area contributed by atoms with Gasteiger partial charge in [0, 0.05) is 35.8 Å². The van der Waals surface area contributed by atoms with Crippen LogP contribution in [0.15, 0.2) is 58.0 Å². The van der Waals surface area contributed by atoms with Gasteiger partial charge in [-0.05, 0) is 61.6 Å². The third kappa shape index (κ3) is 5.82. The second kappa shape index (κ2) is 10.7. The van der Waals surface area contributed by atoms with Crippen LogP contribution in [0, 0.1) is 5.92 Å². The van der Waals surface area contributed by atoms with Crippen LogP contribution in [0.25, 0.3) is 16.3 Å². The van der Waals surface area contributed by atoms with Gasteiger partial charge in [-0.25, -0.2) is 8.42 Å². The van der Waals surface area contributed by atoms with Gasteiger partial charge in [0.15, 0.2) is 6.54 Å². The van der Waals surface area contributed by atoms with Crippen LogP contribution in [0.3, 0.4) is 0 Å². The molecule has 2 aliphatic rings. The van der Waals surface area contributed by atoms with E-state index in [1.807, 2.05) is 24.3 Å². The third-order valence-corrected chi connectivity index (χ3v) is 9.61. The number of ether oxygens (including phenoxy) is 2. The van der Waals surface area contributed by atoms with Gasteiger partial charge in [-0.15, -0.1) is 0 Å². The molecule has 2 heterocycles. The molecule has 5 rings (SSSR count). The molecule has 0 bridgehead atoms. The van der Waals surface area contributed by atoms with Gasteiger partial charge in [-0.3, -0.25) is 0 Å². The number of thiazole rings is 1. The molecule has 7 nitrogen and oxygen atoms in total. The first kappa shape index (κ1) is 26.1. The quantitative estimate of drug-likeness (QED) is 0.243. The van der Waals surface area contributed by atoms with E-state index in [0.717, 1.165) is 51.8 Å². The van der Waals surface area contributed by atoms with Crippen LogP contribution >= 0.6 is 23.1 Å². The molecule has 1 fully saturated rings. The van der Waals surface area contributed by atoms with Gasteiger partial charge in [-0.1, -0.05) is 23.1 Å². The van der Waals surface area contributed by atoms with Gasteiger partial charge in [0.2, 0.25) is 5.52 Å². The van der Waals surface area contributed by atoms with E-state index in [0.29, 0.717) is 12.5 Å². The molecule has 37 heavy (non-hydrogen) atoms. The first-order valence-electron chi connectivity index (χ1n) is 12.3.